The summed E-state index contributed by atoms with van der Waals surface area (Å²) >= 11 is 3.20. The molecule has 0 saturated carbocycles. The maximum atomic E-state index is 12.2. The first-order chi connectivity index (χ1) is 10.2. The van der Waals surface area contributed by atoms with E-state index in [9.17, 15) is 4.79 Å². The predicted molar refractivity (Wildman–Crippen MR) is 82.3 cm³/mol. The summed E-state index contributed by atoms with van der Waals surface area (Å²) in [5, 5.41) is 1.95. The van der Waals surface area contributed by atoms with Crippen molar-refractivity contribution in [1.82, 2.24) is 14.3 Å². The van der Waals surface area contributed by atoms with Crippen molar-refractivity contribution in [2.45, 2.75) is 18.8 Å². The van der Waals surface area contributed by atoms with Crippen LogP contribution in [0.5, 0.6) is 0 Å². The standard InChI is InChI=1S/C14H13N3O2S2/c1-9-2-3-11(19-9)13-17(12(18)8-21-13)7-10-6-16-4-5-20-14(16)15-10/h2-6,13H,7-8H2,1H3/t13-/m0/s1. The molecule has 1 fully saturated rings. The van der Waals surface area contributed by atoms with Gasteiger partial charge in [0.05, 0.1) is 18.0 Å². The first kappa shape index (κ1) is 13.0. The molecule has 0 radical (unpaired) electrons. The van der Waals surface area contributed by atoms with Crippen molar-refractivity contribution >= 4 is 34.0 Å². The molecule has 7 heteroatoms. The highest BCUT2D eigenvalue weighted by Gasteiger charge is 2.35. The Morgan fingerprint density at radius 2 is 2.38 bits per heavy atom. The SMILES string of the molecule is Cc1ccc([C@@H]2SCC(=O)N2Cc2cn3ccsc3n2)o1. The van der Waals surface area contributed by atoms with Crippen molar-refractivity contribution in [1.29, 1.82) is 0 Å². The van der Waals surface area contributed by atoms with Gasteiger partial charge in [-0.1, -0.05) is 0 Å². The van der Waals surface area contributed by atoms with Crippen molar-refractivity contribution in [3.05, 3.63) is 47.1 Å². The molecule has 0 unspecified atom stereocenters. The van der Waals surface area contributed by atoms with Crippen molar-refractivity contribution in [3.8, 4) is 0 Å². The highest BCUT2D eigenvalue weighted by atomic mass is 32.2. The van der Waals surface area contributed by atoms with Gasteiger partial charge in [0.15, 0.2) is 4.96 Å². The fourth-order valence-corrected chi connectivity index (χ4v) is 4.32. The van der Waals surface area contributed by atoms with Crippen LogP contribution in [0.25, 0.3) is 4.96 Å². The summed E-state index contributed by atoms with van der Waals surface area (Å²) in [5.41, 5.74) is 0.908. The third-order valence-electron chi connectivity index (χ3n) is 3.45. The van der Waals surface area contributed by atoms with E-state index in [0.29, 0.717) is 12.3 Å². The third-order valence-corrected chi connectivity index (χ3v) is 5.43. The van der Waals surface area contributed by atoms with E-state index in [0.717, 1.165) is 22.2 Å². The smallest absolute Gasteiger partial charge is 0.234 e. The van der Waals surface area contributed by atoms with Crippen molar-refractivity contribution in [3.63, 3.8) is 0 Å². The molecule has 1 aliphatic heterocycles. The van der Waals surface area contributed by atoms with E-state index in [4.69, 9.17) is 4.42 Å². The number of fused-ring (bicyclic) bond motifs is 1. The minimum absolute atomic E-state index is 0.0501. The highest BCUT2D eigenvalue weighted by Crippen LogP contribution is 2.40. The van der Waals surface area contributed by atoms with Crippen LogP contribution in [0.15, 0.2) is 34.3 Å². The summed E-state index contributed by atoms with van der Waals surface area (Å²) in [7, 11) is 0. The lowest BCUT2D eigenvalue weighted by molar-refractivity contribution is -0.128. The van der Waals surface area contributed by atoms with Crippen LogP contribution in [0, 0.1) is 6.92 Å². The Labute approximate surface area is 129 Å². The number of aromatic nitrogens is 2. The minimum atomic E-state index is -0.0501. The third kappa shape index (κ3) is 2.26. The number of carbonyl (C=O) groups is 1. The Balaban J connectivity index is 1.61. The zero-order valence-electron chi connectivity index (χ0n) is 11.4. The molecule has 4 rings (SSSR count). The topological polar surface area (TPSA) is 50.8 Å². The van der Waals surface area contributed by atoms with E-state index in [-0.39, 0.29) is 11.3 Å². The first-order valence-corrected chi connectivity index (χ1v) is 8.52. The zero-order chi connectivity index (χ0) is 14.4. The highest BCUT2D eigenvalue weighted by molar-refractivity contribution is 8.00. The Bertz CT molecular complexity index is 775. The molecule has 0 N–H and O–H groups in total. The van der Waals surface area contributed by atoms with E-state index < -0.39 is 0 Å². The molecule has 1 saturated heterocycles. The molecular formula is C14H13N3O2S2. The van der Waals surface area contributed by atoms with E-state index in [1.165, 1.54) is 0 Å². The number of carbonyl (C=O) groups excluding carboxylic acids is 1. The number of nitrogens with zero attached hydrogens (tertiary/aromatic N) is 3. The predicted octanol–water partition coefficient (Wildman–Crippen LogP) is 3.07. The number of thioether (sulfide) groups is 1. The normalized spacial score (nSPS) is 19.0. The Kier molecular flexibility index (Phi) is 3.04. The second-order valence-corrected chi connectivity index (χ2v) is 6.90. The molecule has 1 aliphatic rings. The van der Waals surface area contributed by atoms with Crippen LogP contribution in [-0.4, -0.2) is 25.9 Å². The summed E-state index contributed by atoms with van der Waals surface area (Å²) in [6.45, 7) is 2.43. The van der Waals surface area contributed by atoms with Crippen LogP contribution in [0.4, 0.5) is 0 Å². The van der Waals surface area contributed by atoms with Crippen LogP contribution < -0.4 is 0 Å². The van der Waals surface area contributed by atoms with Gasteiger partial charge < -0.3 is 9.32 Å². The summed E-state index contributed by atoms with van der Waals surface area (Å²) in [4.78, 5) is 19.5. The molecular weight excluding hydrogens is 306 g/mol. The maximum absolute atomic E-state index is 12.2. The lowest BCUT2D eigenvalue weighted by atomic mass is 10.3. The van der Waals surface area contributed by atoms with Crippen LogP contribution in [0.3, 0.4) is 0 Å². The number of imidazole rings is 1. The van der Waals surface area contributed by atoms with Gasteiger partial charge >= 0.3 is 0 Å². The number of rotatable bonds is 3. The van der Waals surface area contributed by atoms with Gasteiger partial charge in [-0.3, -0.25) is 9.20 Å². The van der Waals surface area contributed by atoms with Gasteiger partial charge in [-0.05, 0) is 19.1 Å². The van der Waals surface area contributed by atoms with E-state index in [1.54, 1.807) is 23.1 Å². The molecule has 1 amide bonds. The molecule has 3 aromatic heterocycles. The fourth-order valence-electron chi connectivity index (χ4n) is 2.47. The first-order valence-electron chi connectivity index (χ1n) is 6.59. The van der Waals surface area contributed by atoms with E-state index in [2.05, 4.69) is 4.98 Å². The Hall–Kier alpha value is -1.73. The van der Waals surface area contributed by atoms with Gasteiger partial charge in [0, 0.05) is 17.8 Å². The molecule has 0 aromatic carbocycles. The molecule has 108 valence electrons. The van der Waals surface area contributed by atoms with Crippen molar-refractivity contribution in [2.75, 3.05) is 5.75 Å². The molecule has 0 spiro atoms. The minimum Gasteiger partial charge on any atom is -0.463 e. The lowest BCUT2D eigenvalue weighted by Crippen LogP contribution is -2.27. The molecule has 0 aliphatic carbocycles. The summed E-state index contributed by atoms with van der Waals surface area (Å²) in [6, 6.07) is 3.88. The van der Waals surface area contributed by atoms with Gasteiger partial charge in [-0.2, -0.15) is 0 Å². The second-order valence-electron chi connectivity index (χ2n) is 4.96. The van der Waals surface area contributed by atoms with E-state index >= 15 is 0 Å². The summed E-state index contributed by atoms with van der Waals surface area (Å²) < 4.78 is 7.68. The van der Waals surface area contributed by atoms with Crippen LogP contribution in [0.2, 0.25) is 0 Å². The van der Waals surface area contributed by atoms with Gasteiger partial charge in [0.1, 0.15) is 16.9 Å². The number of amides is 1. The summed E-state index contributed by atoms with van der Waals surface area (Å²) in [5.74, 6) is 2.33. The van der Waals surface area contributed by atoms with Crippen molar-refractivity contribution in [2.24, 2.45) is 0 Å². The average Bonchev–Trinajstić information content (AvgIpc) is 3.16. The van der Waals surface area contributed by atoms with E-state index in [1.807, 2.05) is 46.1 Å². The van der Waals surface area contributed by atoms with Crippen LogP contribution >= 0.6 is 23.1 Å². The summed E-state index contributed by atoms with van der Waals surface area (Å²) in [6.07, 6.45) is 3.96. The van der Waals surface area contributed by atoms with Gasteiger partial charge in [0.2, 0.25) is 5.91 Å². The van der Waals surface area contributed by atoms with Gasteiger partial charge in [0.25, 0.3) is 0 Å². The van der Waals surface area contributed by atoms with Crippen molar-refractivity contribution < 1.29 is 9.21 Å². The van der Waals surface area contributed by atoms with Crippen LogP contribution in [-0.2, 0) is 11.3 Å². The fraction of sp³-hybridized carbons (Fsp3) is 0.286. The number of hydrogen-bond donors (Lipinski definition) is 0. The molecule has 21 heavy (non-hydrogen) atoms. The van der Waals surface area contributed by atoms with Gasteiger partial charge in [-0.15, -0.1) is 23.1 Å². The van der Waals surface area contributed by atoms with Crippen LogP contribution in [0.1, 0.15) is 22.6 Å². The molecule has 3 aromatic rings. The molecule has 4 heterocycles. The average molecular weight is 319 g/mol. The maximum Gasteiger partial charge on any atom is 0.234 e. The number of aryl methyl sites for hydroxylation is 1. The largest absolute Gasteiger partial charge is 0.463 e. The monoisotopic (exact) mass is 319 g/mol. The molecule has 1 atom stereocenters. The lowest BCUT2D eigenvalue weighted by Gasteiger charge is -2.21. The zero-order valence-corrected chi connectivity index (χ0v) is 13.0. The number of hydrogen-bond acceptors (Lipinski definition) is 5. The second kappa shape index (κ2) is 4.92. The number of thiazole rings is 1. The molecule has 5 nitrogen and oxygen atoms in total. The number of furan rings is 1. The van der Waals surface area contributed by atoms with Gasteiger partial charge in [-0.25, -0.2) is 4.98 Å². The quantitative estimate of drug-likeness (QED) is 0.744. The Morgan fingerprint density at radius 1 is 1.48 bits per heavy atom. The Morgan fingerprint density at radius 3 is 3.14 bits per heavy atom. The molecule has 0 bridgehead atoms.